The first-order chi connectivity index (χ1) is 6.38. The van der Waals surface area contributed by atoms with Crippen LogP contribution < -0.4 is 0 Å². The van der Waals surface area contributed by atoms with Crippen molar-refractivity contribution in [3.8, 4) is 17.9 Å². The van der Waals surface area contributed by atoms with E-state index in [1.165, 1.54) is 6.08 Å². The molecule has 1 aliphatic heterocycles. The van der Waals surface area contributed by atoms with Crippen LogP contribution in [0.25, 0.3) is 0 Å². The third-order valence-corrected chi connectivity index (χ3v) is 1.81. The lowest BCUT2D eigenvalue weighted by molar-refractivity contribution is 0.0559. The fraction of sp³-hybridized carbons (Fsp3) is 0.500. The van der Waals surface area contributed by atoms with E-state index in [0.717, 1.165) is 18.8 Å². The molecule has 0 unspecified atom stereocenters. The van der Waals surface area contributed by atoms with Crippen molar-refractivity contribution in [1.29, 1.82) is 5.26 Å². The molecular weight excluding hydrogens is 164 g/mol. The first-order valence-corrected chi connectivity index (χ1v) is 4.23. The lowest BCUT2D eigenvalue weighted by Crippen LogP contribution is -2.35. The summed E-state index contributed by atoms with van der Waals surface area (Å²) in [6.07, 6.45) is 1.49. The highest BCUT2D eigenvalue weighted by Crippen LogP contribution is 2.06. The van der Waals surface area contributed by atoms with Crippen molar-refractivity contribution in [3.05, 3.63) is 11.8 Å². The normalized spacial score (nSPS) is 17.2. The third-order valence-electron chi connectivity index (χ3n) is 1.81. The minimum Gasteiger partial charge on any atom is -0.378 e. The molecule has 0 atom stereocenters. The second-order valence-corrected chi connectivity index (χ2v) is 2.63. The van der Waals surface area contributed by atoms with Crippen LogP contribution in [0.5, 0.6) is 0 Å². The molecule has 3 nitrogen and oxygen atoms in total. The zero-order valence-electron chi connectivity index (χ0n) is 7.71. The maximum absolute atomic E-state index is 8.54. The molecular formula is C10H12N2O. The van der Waals surface area contributed by atoms with Gasteiger partial charge in [-0.2, -0.15) is 5.26 Å². The van der Waals surface area contributed by atoms with Crippen LogP contribution in [-0.2, 0) is 4.74 Å². The Hall–Kier alpha value is -1.45. The zero-order chi connectivity index (χ0) is 9.52. The molecule has 0 saturated carbocycles. The van der Waals surface area contributed by atoms with Gasteiger partial charge in [0.2, 0.25) is 0 Å². The van der Waals surface area contributed by atoms with Gasteiger partial charge in [-0.1, -0.05) is 5.92 Å². The molecule has 0 radical (unpaired) electrons. The zero-order valence-corrected chi connectivity index (χ0v) is 7.71. The van der Waals surface area contributed by atoms with Crippen molar-refractivity contribution in [2.75, 3.05) is 26.3 Å². The number of allylic oxidation sites excluding steroid dienone is 2. The molecule has 0 aromatic rings. The summed E-state index contributed by atoms with van der Waals surface area (Å²) in [5, 5.41) is 8.54. The molecule has 1 aliphatic rings. The van der Waals surface area contributed by atoms with Gasteiger partial charge in [0.1, 0.15) is 0 Å². The van der Waals surface area contributed by atoms with E-state index in [9.17, 15) is 0 Å². The average molecular weight is 176 g/mol. The summed E-state index contributed by atoms with van der Waals surface area (Å²) in [6, 6.07) is 2.00. The van der Waals surface area contributed by atoms with Crippen molar-refractivity contribution < 1.29 is 4.74 Å². The number of hydrogen-bond donors (Lipinski definition) is 0. The predicted molar refractivity (Wildman–Crippen MR) is 49.5 cm³/mol. The first-order valence-electron chi connectivity index (χ1n) is 4.23. The molecule has 0 aliphatic carbocycles. The summed E-state index contributed by atoms with van der Waals surface area (Å²) in [5.74, 6) is 5.71. The topological polar surface area (TPSA) is 36.3 Å². The van der Waals surface area contributed by atoms with Crippen molar-refractivity contribution in [2.45, 2.75) is 6.92 Å². The fourth-order valence-electron chi connectivity index (χ4n) is 1.20. The van der Waals surface area contributed by atoms with Crippen LogP contribution in [0.15, 0.2) is 11.8 Å². The summed E-state index contributed by atoms with van der Waals surface area (Å²) in [5.41, 5.74) is 0.799. The van der Waals surface area contributed by atoms with Gasteiger partial charge in [0, 0.05) is 19.2 Å². The second kappa shape index (κ2) is 5.24. The molecule has 13 heavy (non-hydrogen) atoms. The van der Waals surface area contributed by atoms with Gasteiger partial charge in [0.05, 0.1) is 25.0 Å². The Morgan fingerprint density at radius 1 is 1.46 bits per heavy atom. The molecule has 1 heterocycles. The largest absolute Gasteiger partial charge is 0.378 e. The molecule has 0 N–H and O–H groups in total. The van der Waals surface area contributed by atoms with Gasteiger partial charge < -0.3 is 9.64 Å². The second-order valence-electron chi connectivity index (χ2n) is 2.63. The Balaban J connectivity index is 2.68. The average Bonchev–Trinajstić information content (AvgIpc) is 2.19. The predicted octanol–water partition coefficient (Wildman–Crippen LogP) is 0.749. The highest BCUT2D eigenvalue weighted by molar-refractivity contribution is 5.31. The number of ether oxygens (including phenoxy) is 1. The van der Waals surface area contributed by atoms with Crippen LogP contribution in [0.2, 0.25) is 0 Å². The van der Waals surface area contributed by atoms with Gasteiger partial charge in [-0.3, -0.25) is 0 Å². The van der Waals surface area contributed by atoms with Crippen molar-refractivity contribution in [1.82, 2.24) is 4.90 Å². The molecule has 1 rings (SSSR count). The smallest absolute Gasteiger partial charge is 0.0986 e. The maximum atomic E-state index is 8.54. The summed E-state index contributed by atoms with van der Waals surface area (Å²) in [4.78, 5) is 2.07. The Kier molecular flexibility index (Phi) is 3.88. The summed E-state index contributed by atoms with van der Waals surface area (Å²) < 4.78 is 5.21. The van der Waals surface area contributed by atoms with Gasteiger partial charge in [0.25, 0.3) is 0 Å². The van der Waals surface area contributed by atoms with E-state index < -0.39 is 0 Å². The number of nitriles is 1. The minimum absolute atomic E-state index is 0.716. The third kappa shape index (κ3) is 2.82. The number of rotatable bonds is 1. The molecule has 0 aromatic carbocycles. The molecule has 0 bridgehead atoms. The molecule has 68 valence electrons. The Labute approximate surface area is 78.6 Å². The van der Waals surface area contributed by atoms with Crippen LogP contribution in [0.1, 0.15) is 6.92 Å². The summed E-state index contributed by atoms with van der Waals surface area (Å²) in [6.45, 7) is 4.85. The van der Waals surface area contributed by atoms with Crippen molar-refractivity contribution in [2.24, 2.45) is 0 Å². The lowest BCUT2D eigenvalue weighted by Gasteiger charge is -2.27. The fourth-order valence-corrected chi connectivity index (χ4v) is 1.20. The molecule has 0 amide bonds. The molecule has 0 spiro atoms. The van der Waals surface area contributed by atoms with E-state index in [2.05, 4.69) is 16.7 Å². The van der Waals surface area contributed by atoms with Crippen molar-refractivity contribution >= 4 is 0 Å². The van der Waals surface area contributed by atoms with Crippen LogP contribution in [0, 0.1) is 23.2 Å². The van der Waals surface area contributed by atoms with Crippen molar-refractivity contribution in [3.63, 3.8) is 0 Å². The van der Waals surface area contributed by atoms with Gasteiger partial charge >= 0.3 is 0 Å². The number of hydrogen-bond acceptors (Lipinski definition) is 3. The highest BCUT2D eigenvalue weighted by atomic mass is 16.5. The van der Waals surface area contributed by atoms with Gasteiger partial charge in [-0.25, -0.2) is 0 Å². The Morgan fingerprint density at radius 2 is 2.15 bits per heavy atom. The van der Waals surface area contributed by atoms with E-state index in [0.29, 0.717) is 13.2 Å². The highest BCUT2D eigenvalue weighted by Gasteiger charge is 2.11. The molecule has 3 heteroatoms. The Bertz CT molecular complexity index is 284. The first kappa shape index (κ1) is 9.64. The molecule has 1 saturated heterocycles. The van der Waals surface area contributed by atoms with E-state index in [4.69, 9.17) is 10.00 Å². The van der Waals surface area contributed by atoms with Crippen LogP contribution >= 0.6 is 0 Å². The van der Waals surface area contributed by atoms with Crippen LogP contribution in [0.4, 0.5) is 0 Å². The number of nitrogens with zero attached hydrogens (tertiary/aromatic N) is 2. The van der Waals surface area contributed by atoms with Gasteiger partial charge in [-0.15, -0.1) is 0 Å². The number of morpholine rings is 1. The van der Waals surface area contributed by atoms with E-state index in [1.807, 2.05) is 6.07 Å². The van der Waals surface area contributed by atoms with E-state index in [1.54, 1.807) is 6.92 Å². The molecule has 1 fully saturated rings. The van der Waals surface area contributed by atoms with E-state index in [-0.39, 0.29) is 0 Å². The summed E-state index contributed by atoms with van der Waals surface area (Å²) in [7, 11) is 0. The molecule has 0 aromatic heterocycles. The van der Waals surface area contributed by atoms with Crippen LogP contribution in [0.3, 0.4) is 0 Å². The standard InChI is InChI=1S/C10H12N2O/c1-2-3-10(4-5-11)12-6-8-13-9-7-12/h4H,6-9H2,1H3/b10-4+. The quantitative estimate of drug-likeness (QED) is 0.437. The summed E-state index contributed by atoms with van der Waals surface area (Å²) >= 11 is 0. The van der Waals surface area contributed by atoms with Crippen LogP contribution in [-0.4, -0.2) is 31.2 Å². The van der Waals surface area contributed by atoms with Gasteiger partial charge in [-0.05, 0) is 12.8 Å². The monoisotopic (exact) mass is 176 g/mol. The SMILES string of the molecule is CC#C/C(=C\C#N)N1CCOCC1. The van der Waals surface area contributed by atoms with E-state index >= 15 is 0 Å². The lowest BCUT2D eigenvalue weighted by atomic mass is 10.3. The van der Waals surface area contributed by atoms with Gasteiger partial charge in [0.15, 0.2) is 0 Å². The Morgan fingerprint density at radius 3 is 2.69 bits per heavy atom. The minimum atomic E-state index is 0.716. The maximum Gasteiger partial charge on any atom is 0.0986 e.